The molecule has 0 aliphatic heterocycles. The minimum atomic E-state index is 0. The maximum atomic E-state index is 2.27. The van der Waals surface area contributed by atoms with E-state index in [0.717, 1.165) is 0 Å². The van der Waals surface area contributed by atoms with Gasteiger partial charge in [0.25, 0.3) is 0 Å². The summed E-state index contributed by atoms with van der Waals surface area (Å²) in [6, 6.07) is 0. The van der Waals surface area contributed by atoms with Gasteiger partial charge in [-0.25, -0.2) is 0 Å². The quantitative estimate of drug-likeness (QED) is 0.464. The van der Waals surface area contributed by atoms with Crippen LogP contribution in [0.15, 0.2) is 48.6 Å². The van der Waals surface area contributed by atoms with E-state index in [2.05, 4.69) is 48.6 Å². The molecular formula is C16H27NNi. The Morgan fingerprint density at radius 3 is 0.556 bits per heavy atom. The largest absolute Gasteiger partial charge is 0.344 e. The second kappa shape index (κ2) is 16.4. The Balaban J connectivity index is 0. The van der Waals surface area contributed by atoms with E-state index in [1.54, 1.807) is 0 Å². The van der Waals surface area contributed by atoms with E-state index in [9.17, 15) is 0 Å². The molecule has 0 atom stereocenters. The van der Waals surface area contributed by atoms with Gasteiger partial charge < -0.3 is 6.15 Å². The summed E-state index contributed by atoms with van der Waals surface area (Å²) < 4.78 is 0. The topological polar surface area (TPSA) is 35.0 Å². The third-order valence-corrected chi connectivity index (χ3v) is 2.67. The maximum Gasteiger partial charge on any atom is 0 e. The van der Waals surface area contributed by atoms with Crippen molar-refractivity contribution in [3.63, 3.8) is 0 Å². The van der Waals surface area contributed by atoms with Crippen molar-refractivity contribution in [1.82, 2.24) is 6.15 Å². The molecule has 0 aromatic rings. The molecule has 18 heavy (non-hydrogen) atoms. The molecule has 0 spiro atoms. The van der Waals surface area contributed by atoms with Crippen LogP contribution in [-0.2, 0) is 16.5 Å². The fourth-order valence-corrected chi connectivity index (χ4v) is 1.71. The second-order valence-electron chi connectivity index (χ2n) is 4.20. The van der Waals surface area contributed by atoms with Gasteiger partial charge in [-0.2, -0.15) is 0 Å². The van der Waals surface area contributed by atoms with Crippen LogP contribution in [0.3, 0.4) is 0 Å². The fraction of sp³-hybridized carbons (Fsp3) is 0.500. The van der Waals surface area contributed by atoms with Gasteiger partial charge in [0.2, 0.25) is 0 Å². The molecule has 0 saturated heterocycles. The Morgan fingerprint density at radius 2 is 0.444 bits per heavy atom. The van der Waals surface area contributed by atoms with Gasteiger partial charge >= 0.3 is 0 Å². The van der Waals surface area contributed by atoms with Crippen LogP contribution in [0.5, 0.6) is 0 Å². The molecule has 0 aromatic carbocycles. The van der Waals surface area contributed by atoms with Gasteiger partial charge in [0, 0.05) is 16.5 Å². The molecule has 2 heteroatoms. The minimum absolute atomic E-state index is 0. The van der Waals surface area contributed by atoms with E-state index < -0.39 is 0 Å². The second-order valence-corrected chi connectivity index (χ2v) is 4.20. The van der Waals surface area contributed by atoms with E-state index in [0.29, 0.717) is 0 Å². The Labute approximate surface area is 123 Å². The van der Waals surface area contributed by atoms with Crippen molar-refractivity contribution in [1.29, 1.82) is 0 Å². The zero-order valence-electron chi connectivity index (χ0n) is 11.3. The van der Waals surface area contributed by atoms with Gasteiger partial charge in [0.1, 0.15) is 0 Å². The molecule has 2 aliphatic carbocycles. The third-order valence-electron chi connectivity index (χ3n) is 2.67. The summed E-state index contributed by atoms with van der Waals surface area (Å²) in [4.78, 5) is 0. The molecular weight excluding hydrogens is 265 g/mol. The van der Waals surface area contributed by atoms with Crippen LogP contribution in [0.25, 0.3) is 0 Å². The van der Waals surface area contributed by atoms with E-state index in [1.807, 2.05) is 0 Å². The maximum absolute atomic E-state index is 2.27. The Hall–Kier alpha value is -0.586. The summed E-state index contributed by atoms with van der Waals surface area (Å²) in [6.07, 6.45) is 28.0. The van der Waals surface area contributed by atoms with Crippen molar-refractivity contribution in [2.24, 2.45) is 0 Å². The molecule has 0 saturated carbocycles. The molecule has 2 rings (SSSR count). The first kappa shape index (κ1) is 19.7. The summed E-state index contributed by atoms with van der Waals surface area (Å²) in [7, 11) is 0. The molecule has 3 N–H and O–H groups in total. The average molecular weight is 292 g/mol. The number of rotatable bonds is 0. The van der Waals surface area contributed by atoms with Crippen LogP contribution >= 0.6 is 0 Å². The molecule has 0 aromatic heterocycles. The smallest absolute Gasteiger partial charge is 0 e. The van der Waals surface area contributed by atoms with E-state index >= 15 is 0 Å². The van der Waals surface area contributed by atoms with Gasteiger partial charge in [-0.1, -0.05) is 48.6 Å². The molecule has 0 heterocycles. The zero-order chi connectivity index (χ0) is 11.3. The Bertz CT molecular complexity index is 184. The number of allylic oxidation sites excluding steroid dienone is 8. The summed E-state index contributed by atoms with van der Waals surface area (Å²) in [5.74, 6) is 0. The monoisotopic (exact) mass is 291 g/mol. The van der Waals surface area contributed by atoms with Gasteiger partial charge in [0.05, 0.1) is 0 Å². The van der Waals surface area contributed by atoms with E-state index in [1.165, 1.54) is 51.4 Å². The molecule has 2 aliphatic rings. The van der Waals surface area contributed by atoms with Crippen LogP contribution in [-0.4, -0.2) is 0 Å². The number of hydrogen-bond donors (Lipinski definition) is 1. The predicted octanol–water partition coefficient (Wildman–Crippen LogP) is 5.51. The molecule has 0 fully saturated rings. The van der Waals surface area contributed by atoms with E-state index in [4.69, 9.17) is 0 Å². The SMILES string of the molecule is C1=C\CC/C=C\CC/1.C1=C\CC/C=C\CC/1.N.[Ni]. The van der Waals surface area contributed by atoms with Crippen LogP contribution in [0.2, 0.25) is 0 Å². The molecule has 0 amide bonds. The summed E-state index contributed by atoms with van der Waals surface area (Å²) >= 11 is 0. The first-order valence-electron chi connectivity index (χ1n) is 6.60. The van der Waals surface area contributed by atoms with Crippen LogP contribution in [0.1, 0.15) is 51.4 Å². The summed E-state index contributed by atoms with van der Waals surface area (Å²) in [6.45, 7) is 0. The molecule has 0 radical (unpaired) electrons. The fourth-order valence-electron chi connectivity index (χ4n) is 1.71. The standard InChI is InChI=1S/2C8H12.H3N.Ni/c2*1-2-4-6-8-7-5-3-1;;/h2*1-2,7-8H,3-6H2;1H3;/b2*2-1-,8-7-;;. The van der Waals surface area contributed by atoms with Crippen molar-refractivity contribution < 1.29 is 16.5 Å². The van der Waals surface area contributed by atoms with Crippen molar-refractivity contribution in [3.8, 4) is 0 Å². The van der Waals surface area contributed by atoms with Crippen molar-refractivity contribution in [2.45, 2.75) is 51.4 Å². The van der Waals surface area contributed by atoms with Gasteiger partial charge in [0.15, 0.2) is 0 Å². The van der Waals surface area contributed by atoms with Crippen LogP contribution in [0.4, 0.5) is 0 Å². The number of hydrogen-bond acceptors (Lipinski definition) is 1. The predicted molar refractivity (Wildman–Crippen MR) is 78.5 cm³/mol. The molecule has 1 nitrogen and oxygen atoms in total. The minimum Gasteiger partial charge on any atom is -0.344 e. The van der Waals surface area contributed by atoms with Crippen molar-refractivity contribution in [3.05, 3.63) is 48.6 Å². The van der Waals surface area contributed by atoms with Crippen molar-refractivity contribution in [2.75, 3.05) is 0 Å². The first-order chi connectivity index (χ1) is 8.00. The summed E-state index contributed by atoms with van der Waals surface area (Å²) in [5, 5.41) is 0. The molecule has 0 bridgehead atoms. The molecule has 106 valence electrons. The zero-order valence-corrected chi connectivity index (χ0v) is 12.3. The Kier molecular flexibility index (Phi) is 18.0. The van der Waals surface area contributed by atoms with Crippen LogP contribution < -0.4 is 6.15 Å². The average Bonchev–Trinajstić information content (AvgIpc) is 2.15. The Morgan fingerprint density at radius 1 is 0.333 bits per heavy atom. The first-order valence-corrected chi connectivity index (χ1v) is 6.60. The normalized spacial score (nSPS) is 24.9. The third kappa shape index (κ3) is 13.5. The van der Waals surface area contributed by atoms with Crippen molar-refractivity contribution >= 4 is 0 Å². The summed E-state index contributed by atoms with van der Waals surface area (Å²) in [5.41, 5.74) is 0. The van der Waals surface area contributed by atoms with Gasteiger partial charge in [-0.3, -0.25) is 0 Å². The van der Waals surface area contributed by atoms with Gasteiger partial charge in [-0.05, 0) is 51.4 Å². The molecule has 0 unspecified atom stereocenters. The van der Waals surface area contributed by atoms with Crippen LogP contribution in [0, 0.1) is 0 Å². The van der Waals surface area contributed by atoms with E-state index in [-0.39, 0.29) is 22.6 Å². The van der Waals surface area contributed by atoms with Gasteiger partial charge in [-0.15, -0.1) is 0 Å².